The van der Waals surface area contributed by atoms with Crippen LogP contribution in [0.4, 0.5) is 4.79 Å². The molecular weight excluding hydrogens is 806 g/mol. The van der Waals surface area contributed by atoms with Gasteiger partial charge < -0.3 is 49.1 Å². The second-order valence-electron chi connectivity index (χ2n) is 18.6. The van der Waals surface area contributed by atoms with Crippen molar-refractivity contribution in [2.45, 2.75) is 135 Å². The Kier molecular flexibility index (Phi) is 12.3. The number of aliphatic hydroxyl groups is 3. The van der Waals surface area contributed by atoms with E-state index < -0.39 is 124 Å². The Balaban J connectivity index is 1.55. The van der Waals surface area contributed by atoms with Crippen molar-refractivity contribution < 1.29 is 72.5 Å². The highest BCUT2D eigenvalue weighted by atomic mass is 16.6. The number of amides is 1. The Morgan fingerprint density at radius 1 is 0.903 bits per heavy atom. The molecule has 1 amide bonds. The summed E-state index contributed by atoms with van der Waals surface area (Å²) in [4.78, 5) is 83.3. The van der Waals surface area contributed by atoms with Crippen LogP contribution in [0.15, 0.2) is 71.8 Å². The van der Waals surface area contributed by atoms with Crippen molar-refractivity contribution in [3.63, 3.8) is 0 Å². The molecule has 4 N–H and O–H groups in total. The van der Waals surface area contributed by atoms with Crippen molar-refractivity contribution in [1.82, 2.24) is 5.32 Å². The van der Waals surface area contributed by atoms with Crippen molar-refractivity contribution >= 4 is 35.8 Å². The molecule has 16 heteroatoms. The van der Waals surface area contributed by atoms with E-state index in [-0.39, 0.29) is 23.3 Å². The van der Waals surface area contributed by atoms with Crippen LogP contribution in [0, 0.1) is 22.7 Å². The molecule has 16 nitrogen and oxygen atoms in total. The van der Waals surface area contributed by atoms with Crippen LogP contribution in [0.3, 0.4) is 0 Å². The first kappa shape index (κ1) is 46.3. The number of ketones is 1. The average Bonchev–Trinajstić information content (AvgIpc) is 3.18. The minimum absolute atomic E-state index is 0.0148. The minimum atomic E-state index is -2.41. The predicted molar refractivity (Wildman–Crippen MR) is 218 cm³/mol. The quantitative estimate of drug-likeness (QED) is 0.158. The summed E-state index contributed by atoms with van der Waals surface area (Å²) < 4.78 is 35.9. The van der Waals surface area contributed by atoms with Gasteiger partial charge in [-0.1, -0.05) is 69.3 Å². The van der Waals surface area contributed by atoms with Gasteiger partial charge in [-0.05, 0) is 63.5 Å². The third-order valence-electron chi connectivity index (χ3n) is 13.2. The SMILES string of the molecule is CC(=O)O[C@H]1C(=O)[C@@]2(C)[C@H]([C@H](OC(=O)c3ccccc3)[C@]3(O)C[C@H](OC(=O)[C@H](O)[C@@H](NC(=O)OC(C)(C)C)c4ccccc4)C(C)=C1C3(C)C)[C@]1(OC(C)=O)CO[C@@H]1[C@@H](C)[C@@H]2O. The van der Waals surface area contributed by atoms with Crippen LogP contribution in [0.25, 0.3) is 0 Å². The van der Waals surface area contributed by atoms with Gasteiger partial charge in [0.05, 0.1) is 35.6 Å². The summed E-state index contributed by atoms with van der Waals surface area (Å²) in [7, 11) is 0. The zero-order chi connectivity index (χ0) is 45.9. The van der Waals surface area contributed by atoms with Gasteiger partial charge in [0.1, 0.15) is 29.5 Å². The van der Waals surface area contributed by atoms with E-state index in [1.165, 1.54) is 26.0 Å². The molecule has 3 fully saturated rings. The van der Waals surface area contributed by atoms with E-state index in [0.29, 0.717) is 5.56 Å². The number of hydrogen-bond acceptors (Lipinski definition) is 15. The number of Topliss-reactive ketones (excluding diaryl/α,β-unsaturated/α-hetero) is 1. The molecule has 1 heterocycles. The maximum absolute atomic E-state index is 15.6. The van der Waals surface area contributed by atoms with Gasteiger partial charge in [0.2, 0.25) is 0 Å². The van der Waals surface area contributed by atoms with Crippen molar-refractivity contribution in [1.29, 1.82) is 0 Å². The number of rotatable bonds is 9. The summed E-state index contributed by atoms with van der Waals surface area (Å²) in [6, 6.07) is 14.5. The first-order chi connectivity index (χ1) is 28.8. The standard InChI is InChI=1S/C46H57NO15/c1-23-29(59-40(54)32(50)31(27-17-13-11-14-18-27)47-41(55)62-42(5,6)7)21-46(56)38(60-39(53)28-19-15-12-16-20-28)34-44(10,36(52)33(58-25(3)48)30(23)43(46,8)9)35(51)24(2)37-45(34,22-57-37)61-26(4)49/h11-20,24,29,31-35,37-38,50-51,56H,21-22H2,1-10H3,(H,47,55)/t24-,29-,31-,32+,33+,34-,35-,37+,38-,44-,45+,46+/m0/s1. The Morgan fingerprint density at radius 3 is 2.03 bits per heavy atom. The van der Waals surface area contributed by atoms with Gasteiger partial charge in [0, 0.05) is 31.6 Å². The zero-order valence-corrected chi connectivity index (χ0v) is 36.6. The molecule has 62 heavy (non-hydrogen) atoms. The van der Waals surface area contributed by atoms with Gasteiger partial charge >= 0.3 is 30.0 Å². The molecule has 336 valence electrons. The van der Waals surface area contributed by atoms with Gasteiger partial charge in [-0.15, -0.1) is 0 Å². The normalized spacial score (nSPS) is 33.4. The van der Waals surface area contributed by atoms with Crippen molar-refractivity contribution in [3.05, 3.63) is 82.9 Å². The summed E-state index contributed by atoms with van der Waals surface area (Å²) in [5.74, 6) is -7.21. The van der Waals surface area contributed by atoms with Crippen LogP contribution >= 0.6 is 0 Å². The molecule has 1 saturated heterocycles. The number of esters is 4. The fraction of sp³-hybridized carbons (Fsp3) is 0.565. The second kappa shape index (κ2) is 16.5. The molecule has 1 aliphatic heterocycles. The van der Waals surface area contributed by atoms with Gasteiger partial charge in [-0.3, -0.25) is 14.4 Å². The van der Waals surface area contributed by atoms with Crippen molar-refractivity contribution in [2.24, 2.45) is 22.7 Å². The molecule has 3 aliphatic carbocycles. The molecule has 2 bridgehead atoms. The van der Waals surface area contributed by atoms with Gasteiger partial charge in [-0.25, -0.2) is 14.4 Å². The Hall–Kier alpha value is -5.16. The number of hydrogen-bond donors (Lipinski definition) is 4. The summed E-state index contributed by atoms with van der Waals surface area (Å²) in [6.45, 7) is 14.5. The Labute approximate surface area is 360 Å². The topological polar surface area (TPSA) is 231 Å². The summed E-state index contributed by atoms with van der Waals surface area (Å²) >= 11 is 0. The van der Waals surface area contributed by atoms with Gasteiger partial charge in [-0.2, -0.15) is 0 Å². The van der Waals surface area contributed by atoms with Crippen LogP contribution in [0.2, 0.25) is 0 Å². The third-order valence-corrected chi connectivity index (χ3v) is 13.2. The number of alkyl carbamates (subject to hydrolysis) is 1. The molecule has 0 spiro atoms. The van der Waals surface area contributed by atoms with Crippen LogP contribution in [-0.2, 0) is 47.6 Å². The molecular formula is C46H57NO15. The lowest BCUT2D eigenvalue weighted by Gasteiger charge is -2.68. The maximum atomic E-state index is 15.6. The molecule has 0 radical (unpaired) electrons. The van der Waals surface area contributed by atoms with Crippen LogP contribution in [0.5, 0.6) is 0 Å². The molecule has 0 aromatic heterocycles. The largest absolute Gasteiger partial charge is 0.456 e. The smallest absolute Gasteiger partial charge is 0.408 e. The third kappa shape index (κ3) is 7.79. The lowest BCUT2D eigenvalue weighted by molar-refractivity contribution is -0.360. The highest BCUT2D eigenvalue weighted by Gasteiger charge is 2.79. The molecule has 2 aromatic carbocycles. The van der Waals surface area contributed by atoms with E-state index in [1.54, 1.807) is 90.1 Å². The van der Waals surface area contributed by atoms with E-state index in [1.807, 2.05) is 0 Å². The van der Waals surface area contributed by atoms with Gasteiger partial charge in [0.25, 0.3) is 0 Å². The summed E-state index contributed by atoms with van der Waals surface area (Å²) in [5, 5.41) is 40.3. The van der Waals surface area contributed by atoms with Gasteiger partial charge in [0.15, 0.2) is 23.6 Å². The van der Waals surface area contributed by atoms with Crippen molar-refractivity contribution in [2.75, 3.05) is 6.61 Å². The van der Waals surface area contributed by atoms with E-state index in [0.717, 1.165) is 13.8 Å². The monoisotopic (exact) mass is 863 g/mol. The maximum Gasteiger partial charge on any atom is 0.408 e. The van der Waals surface area contributed by atoms with E-state index in [2.05, 4.69) is 5.32 Å². The highest BCUT2D eigenvalue weighted by Crippen LogP contribution is 2.65. The first-order valence-corrected chi connectivity index (χ1v) is 20.6. The minimum Gasteiger partial charge on any atom is -0.456 e. The molecule has 4 aliphatic rings. The molecule has 6 rings (SSSR count). The predicted octanol–water partition coefficient (Wildman–Crippen LogP) is 4.08. The number of fused-ring (bicyclic) bond motifs is 5. The molecule has 2 saturated carbocycles. The van der Waals surface area contributed by atoms with E-state index >= 15 is 4.79 Å². The fourth-order valence-electron chi connectivity index (χ4n) is 10.3. The summed E-state index contributed by atoms with van der Waals surface area (Å²) in [5.41, 5.74) is -8.38. The van der Waals surface area contributed by atoms with Crippen molar-refractivity contribution in [3.8, 4) is 0 Å². The second-order valence-corrected chi connectivity index (χ2v) is 18.6. The van der Waals surface area contributed by atoms with E-state index in [9.17, 15) is 39.3 Å². The Morgan fingerprint density at radius 2 is 1.50 bits per heavy atom. The number of ether oxygens (including phenoxy) is 6. The number of nitrogens with one attached hydrogen (secondary N) is 1. The zero-order valence-electron chi connectivity index (χ0n) is 36.6. The first-order valence-electron chi connectivity index (χ1n) is 20.6. The van der Waals surface area contributed by atoms with E-state index in [4.69, 9.17) is 28.4 Å². The number of benzene rings is 2. The number of carbonyl (C=O) groups excluding carboxylic acids is 6. The lowest BCUT2D eigenvalue weighted by Crippen LogP contribution is -2.83. The lowest BCUT2D eigenvalue weighted by atomic mass is 9.43. The average molecular weight is 864 g/mol. The highest BCUT2D eigenvalue weighted by molar-refractivity contribution is 5.95. The summed E-state index contributed by atoms with van der Waals surface area (Å²) in [6.07, 6.45) is -11.4. The molecule has 12 atom stereocenters. The number of carbonyl (C=O) groups is 6. The van der Waals surface area contributed by atoms with Crippen LogP contribution in [-0.4, -0.2) is 111 Å². The molecule has 2 aromatic rings. The van der Waals surface area contributed by atoms with Crippen LogP contribution in [0.1, 0.15) is 97.6 Å². The molecule has 0 unspecified atom stereocenters. The number of aliphatic hydroxyl groups excluding tert-OH is 2. The fourth-order valence-corrected chi connectivity index (χ4v) is 10.3. The van der Waals surface area contributed by atoms with Crippen LogP contribution < -0.4 is 5.32 Å². The Bertz CT molecular complexity index is 2130.